The van der Waals surface area contributed by atoms with Gasteiger partial charge in [-0.15, -0.1) is 0 Å². The average molecular weight is 335 g/mol. The highest BCUT2D eigenvalue weighted by molar-refractivity contribution is 6.00. The Labute approximate surface area is 142 Å². The molecule has 24 heavy (non-hydrogen) atoms. The fraction of sp³-hybridized carbons (Fsp3) is 0.556. The van der Waals surface area contributed by atoms with Crippen molar-refractivity contribution in [1.82, 2.24) is 5.32 Å². The summed E-state index contributed by atoms with van der Waals surface area (Å²) in [6.07, 6.45) is 0.0558. The van der Waals surface area contributed by atoms with Gasteiger partial charge in [0.1, 0.15) is 11.3 Å². The second-order valence-corrected chi connectivity index (χ2v) is 6.72. The number of carbonyl (C=O) groups is 2. The largest absolute Gasteiger partial charge is 0.497 e. The molecule has 0 heterocycles. The third-order valence-electron chi connectivity index (χ3n) is 5.13. The molecular weight excluding hydrogens is 310 g/mol. The number of nitrogens with one attached hydrogen (secondary N) is 1. The molecule has 1 aliphatic rings. The van der Waals surface area contributed by atoms with Gasteiger partial charge in [0.25, 0.3) is 5.91 Å². The van der Waals surface area contributed by atoms with Crippen LogP contribution in [0.15, 0.2) is 18.2 Å². The summed E-state index contributed by atoms with van der Waals surface area (Å²) in [5, 5.41) is 12.5. The molecule has 2 atom stereocenters. The molecule has 1 aromatic carbocycles. The minimum absolute atomic E-state index is 0.198. The van der Waals surface area contributed by atoms with Crippen LogP contribution in [-0.2, 0) is 9.53 Å². The summed E-state index contributed by atoms with van der Waals surface area (Å²) in [6.45, 7) is 7.80. The van der Waals surface area contributed by atoms with E-state index in [1.54, 1.807) is 32.2 Å². The van der Waals surface area contributed by atoms with Crippen LogP contribution in [-0.4, -0.2) is 42.3 Å². The van der Waals surface area contributed by atoms with E-state index in [2.05, 4.69) is 5.32 Å². The zero-order valence-electron chi connectivity index (χ0n) is 14.8. The minimum Gasteiger partial charge on any atom is -0.497 e. The number of hydrogen-bond acceptors (Lipinski definition) is 4. The number of carboxylic acid groups (broad SMARTS) is 1. The first-order valence-electron chi connectivity index (χ1n) is 8.01. The van der Waals surface area contributed by atoms with E-state index in [1.165, 1.54) is 0 Å². The van der Waals surface area contributed by atoms with E-state index in [0.29, 0.717) is 17.9 Å². The topological polar surface area (TPSA) is 84.9 Å². The Balaban J connectivity index is 2.27. The Morgan fingerprint density at radius 2 is 2.04 bits per heavy atom. The molecule has 0 aliphatic heterocycles. The highest BCUT2D eigenvalue weighted by Gasteiger charge is 2.66. The third kappa shape index (κ3) is 2.75. The predicted octanol–water partition coefficient (Wildman–Crippen LogP) is 2.39. The molecule has 6 heteroatoms. The molecule has 0 saturated heterocycles. The van der Waals surface area contributed by atoms with Crippen LogP contribution in [0.25, 0.3) is 0 Å². The van der Waals surface area contributed by atoms with Gasteiger partial charge < -0.3 is 19.9 Å². The molecule has 1 amide bonds. The summed E-state index contributed by atoms with van der Waals surface area (Å²) >= 11 is 0. The number of amides is 1. The standard InChI is InChI=1S/C18H25NO5/c1-6-24-14-10-18(16(21)22,17(14,3)4)19-15(20)13-8-7-12(23-5)9-11(13)2/h7-9,14H,6,10H2,1-5H3,(H,19,20)(H,21,22). The lowest BCUT2D eigenvalue weighted by molar-refractivity contribution is -0.190. The monoisotopic (exact) mass is 335 g/mol. The highest BCUT2D eigenvalue weighted by atomic mass is 16.5. The fourth-order valence-electron chi connectivity index (χ4n) is 3.32. The molecule has 1 saturated carbocycles. The Morgan fingerprint density at radius 1 is 1.38 bits per heavy atom. The quantitative estimate of drug-likeness (QED) is 0.834. The zero-order valence-corrected chi connectivity index (χ0v) is 14.8. The second-order valence-electron chi connectivity index (χ2n) is 6.72. The van der Waals surface area contributed by atoms with E-state index < -0.39 is 22.8 Å². The summed E-state index contributed by atoms with van der Waals surface area (Å²) in [4.78, 5) is 24.6. The predicted molar refractivity (Wildman–Crippen MR) is 89.4 cm³/mol. The first-order valence-corrected chi connectivity index (χ1v) is 8.01. The van der Waals surface area contributed by atoms with Gasteiger partial charge in [0.2, 0.25) is 0 Å². The number of aryl methyl sites for hydroxylation is 1. The van der Waals surface area contributed by atoms with Crippen LogP contribution >= 0.6 is 0 Å². The summed E-state index contributed by atoms with van der Waals surface area (Å²) in [5.74, 6) is -0.791. The van der Waals surface area contributed by atoms with E-state index in [4.69, 9.17) is 9.47 Å². The number of carbonyl (C=O) groups excluding carboxylic acids is 1. The summed E-state index contributed by atoms with van der Waals surface area (Å²) in [5.41, 5.74) is -0.876. The first-order chi connectivity index (χ1) is 11.2. The van der Waals surface area contributed by atoms with Gasteiger partial charge in [0, 0.05) is 24.0 Å². The van der Waals surface area contributed by atoms with E-state index >= 15 is 0 Å². The van der Waals surface area contributed by atoms with Gasteiger partial charge in [-0.1, -0.05) is 13.8 Å². The minimum atomic E-state index is -1.34. The van der Waals surface area contributed by atoms with Crippen LogP contribution in [0.4, 0.5) is 0 Å². The molecule has 2 N–H and O–H groups in total. The van der Waals surface area contributed by atoms with Gasteiger partial charge in [-0.25, -0.2) is 4.79 Å². The van der Waals surface area contributed by atoms with Crippen LogP contribution in [0.3, 0.4) is 0 Å². The maximum absolute atomic E-state index is 12.7. The van der Waals surface area contributed by atoms with Crippen molar-refractivity contribution in [1.29, 1.82) is 0 Å². The van der Waals surface area contributed by atoms with Gasteiger partial charge in [0.05, 0.1) is 13.2 Å². The number of rotatable bonds is 6. The molecule has 6 nitrogen and oxygen atoms in total. The van der Waals surface area contributed by atoms with E-state index in [9.17, 15) is 14.7 Å². The van der Waals surface area contributed by atoms with Crippen LogP contribution in [0.1, 0.15) is 43.1 Å². The van der Waals surface area contributed by atoms with Crippen LogP contribution in [0, 0.1) is 12.3 Å². The van der Waals surface area contributed by atoms with Gasteiger partial charge >= 0.3 is 5.97 Å². The smallest absolute Gasteiger partial charge is 0.330 e. The highest BCUT2D eigenvalue weighted by Crippen LogP contribution is 2.51. The lowest BCUT2D eigenvalue weighted by atomic mass is 9.54. The van der Waals surface area contributed by atoms with E-state index in [0.717, 1.165) is 5.56 Å². The summed E-state index contributed by atoms with van der Waals surface area (Å²) in [6, 6.07) is 5.08. The maximum atomic E-state index is 12.7. The van der Waals surface area contributed by atoms with E-state index in [1.807, 2.05) is 20.8 Å². The van der Waals surface area contributed by atoms with Gasteiger partial charge in [0.15, 0.2) is 0 Å². The van der Waals surface area contributed by atoms with Gasteiger partial charge in [-0.3, -0.25) is 4.79 Å². The molecule has 132 valence electrons. The lowest BCUT2D eigenvalue weighted by Gasteiger charge is -2.58. The Bertz CT molecular complexity index is 655. The van der Waals surface area contributed by atoms with E-state index in [-0.39, 0.29) is 12.5 Å². The van der Waals surface area contributed by atoms with Crippen molar-refractivity contribution < 1.29 is 24.2 Å². The van der Waals surface area contributed by atoms with Crippen molar-refractivity contribution in [2.75, 3.05) is 13.7 Å². The first kappa shape index (κ1) is 18.3. The number of hydrogen-bond donors (Lipinski definition) is 2. The second kappa shape index (κ2) is 6.43. The normalized spacial score (nSPS) is 24.8. The third-order valence-corrected chi connectivity index (χ3v) is 5.13. The zero-order chi connectivity index (χ0) is 18.1. The van der Waals surface area contributed by atoms with Crippen molar-refractivity contribution in [3.63, 3.8) is 0 Å². The average Bonchev–Trinajstić information content (AvgIpc) is 2.52. The number of carboxylic acids is 1. The molecule has 0 bridgehead atoms. The van der Waals surface area contributed by atoms with Gasteiger partial charge in [-0.05, 0) is 37.6 Å². The number of aliphatic carboxylic acids is 1. The Kier molecular flexibility index (Phi) is 4.90. The molecule has 1 fully saturated rings. The molecule has 2 unspecified atom stereocenters. The molecule has 0 spiro atoms. The fourth-order valence-corrected chi connectivity index (χ4v) is 3.32. The number of methoxy groups -OCH3 is 1. The van der Waals surface area contributed by atoms with Crippen molar-refractivity contribution in [2.45, 2.75) is 45.8 Å². The lowest BCUT2D eigenvalue weighted by Crippen LogP contribution is -2.76. The SMILES string of the molecule is CCOC1CC(NC(=O)c2ccc(OC)cc2C)(C(=O)O)C1(C)C. The van der Waals surface area contributed by atoms with Crippen LogP contribution in [0.5, 0.6) is 5.75 Å². The van der Waals surface area contributed by atoms with Crippen molar-refractivity contribution in [3.05, 3.63) is 29.3 Å². The summed E-state index contributed by atoms with van der Waals surface area (Å²) in [7, 11) is 1.55. The molecule has 1 aromatic rings. The molecular formula is C18H25NO5. The number of benzene rings is 1. The van der Waals surface area contributed by atoms with Crippen LogP contribution in [0.2, 0.25) is 0 Å². The summed E-state index contributed by atoms with van der Waals surface area (Å²) < 4.78 is 10.7. The van der Waals surface area contributed by atoms with Crippen molar-refractivity contribution in [2.24, 2.45) is 5.41 Å². The molecule has 2 rings (SSSR count). The number of ether oxygens (including phenoxy) is 2. The maximum Gasteiger partial charge on any atom is 0.330 e. The van der Waals surface area contributed by atoms with Crippen molar-refractivity contribution >= 4 is 11.9 Å². The molecule has 1 aliphatic carbocycles. The van der Waals surface area contributed by atoms with Crippen molar-refractivity contribution in [3.8, 4) is 5.75 Å². The molecule has 0 aromatic heterocycles. The van der Waals surface area contributed by atoms with Crippen LogP contribution < -0.4 is 10.1 Å². The molecule has 0 radical (unpaired) electrons. The Hall–Kier alpha value is -2.08. The Morgan fingerprint density at radius 3 is 2.50 bits per heavy atom. The van der Waals surface area contributed by atoms with Gasteiger partial charge in [-0.2, -0.15) is 0 Å².